The third-order valence-electron chi connectivity index (χ3n) is 3.01. The molecule has 0 radical (unpaired) electrons. The molecular weight excluding hydrogens is 244 g/mol. The second kappa shape index (κ2) is 4.42. The maximum Gasteiger partial charge on any atom is 0.316 e. The van der Waals surface area contributed by atoms with Crippen molar-refractivity contribution in [2.75, 3.05) is 13.9 Å². The molecule has 0 bridgehead atoms. The summed E-state index contributed by atoms with van der Waals surface area (Å²) >= 11 is 0. The lowest BCUT2D eigenvalue weighted by atomic mass is 10.0. The van der Waals surface area contributed by atoms with Gasteiger partial charge in [0.05, 0.1) is 12.8 Å². The number of ether oxygens (including phenoxy) is 3. The fraction of sp³-hybridized carbons (Fsp3) is 0.286. The van der Waals surface area contributed by atoms with E-state index in [1.54, 1.807) is 7.11 Å². The Hall–Kier alpha value is -2.30. The molecule has 19 heavy (non-hydrogen) atoms. The van der Waals surface area contributed by atoms with Gasteiger partial charge in [-0.05, 0) is 37.6 Å². The van der Waals surface area contributed by atoms with Gasteiger partial charge in [0.1, 0.15) is 0 Å². The van der Waals surface area contributed by atoms with Crippen LogP contribution in [0.25, 0.3) is 11.3 Å². The predicted octanol–water partition coefficient (Wildman–Crippen LogP) is 2.50. The molecule has 1 aliphatic heterocycles. The zero-order valence-corrected chi connectivity index (χ0v) is 11.1. The first-order chi connectivity index (χ1) is 9.17. The van der Waals surface area contributed by atoms with Gasteiger partial charge in [0, 0.05) is 11.3 Å². The summed E-state index contributed by atoms with van der Waals surface area (Å²) in [6.45, 7) is 4.20. The SMILES string of the molecule is COc1nc(C)cc(-c2cc3c(cc2C)OCO3)n1. The van der Waals surface area contributed by atoms with E-state index in [-0.39, 0.29) is 6.79 Å². The Balaban J connectivity index is 2.14. The van der Waals surface area contributed by atoms with Crippen LogP contribution in [0, 0.1) is 13.8 Å². The Morgan fingerprint density at radius 2 is 1.79 bits per heavy atom. The minimum absolute atomic E-state index is 0.268. The largest absolute Gasteiger partial charge is 0.467 e. The first kappa shape index (κ1) is 11.8. The molecule has 1 aromatic heterocycles. The van der Waals surface area contributed by atoms with Crippen LogP contribution in [0.3, 0.4) is 0 Å². The predicted molar refractivity (Wildman–Crippen MR) is 69.6 cm³/mol. The van der Waals surface area contributed by atoms with Crippen molar-refractivity contribution in [3.8, 4) is 28.8 Å². The van der Waals surface area contributed by atoms with E-state index in [9.17, 15) is 0 Å². The first-order valence-electron chi connectivity index (χ1n) is 5.97. The fourth-order valence-electron chi connectivity index (χ4n) is 2.09. The van der Waals surface area contributed by atoms with Crippen molar-refractivity contribution >= 4 is 0 Å². The van der Waals surface area contributed by atoms with Crippen molar-refractivity contribution < 1.29 is 14.2 Å². The van der Waals surface area contributed by atoms with Gasteiger partial charge in [-0.25, -0.2) is 4.98 Å². The molecule has 0 fully saturated rings. The molecule has 0 N–H and O–H groups in total. The zero-order valence-electron chi connectivity index (χ0n) is 11.1. The van der Waals surface area contributed by atoms with Crippen LogP contribution in [0.2, 0.25) is 0 Å². The lowest BCUT2D eigenvalue weighted by molar-refractivity contribution is 0.174. The van der Waals surface area contributed by atoms with E-state index in [1.165, 1.54) is 0 Å². The number of hydrogen-bond acceptors (Lipinski definition) is 5. The topological polar surface area (TPSA) is 53.5 Å². The van der Waals surface area contributed by atoms with Crippen LogP contribution in [-0.4, -0.2) is 23.9 Å². The molecule has 0 saturated heterocycles. The Labute approximate surface area is 111 Å². The Morgan fingerprint density at radius 3 is 2.53 bits per heavy atom. The third-order valence-corrected chi connectivity index (χ3v) is 3.01. The van der Waals surface area contributed by atoms with Gasteiger partial charge in [-0.3, -0.25) is 0 Å². The van der Waals surface area contributed by atoms with Crippen molar-refractivity contribution in [2.24, 2.45) is 0 Å². The quantitative estimate of drug-likeness (QED) is 0.828. The zero-order chi connectivity index (χ0) is 13.4. The van der Waals surface area contributed by atoms with Gasteiger partial charge >= 0.3 is 6.01 Å². The van der Waals surface area contributed by atoms with E-state index in [0.29, 0.717) is 6.01 Å². The van der Waals surface area contributed by atoms with Crippen LogP contribution < -0.4 is 14.2 Å². The Bertz CT molecular complexity index is 641. The molecule has 0 amide bonds. The van der Waals surface area contributed by atoms with Gasteiger partial charge in [0.15, 0.2) is 11.5 Å². The van der Waals surface area contributed by atoms with Crippen LogP contribution in [0.4, 0.5) is 0 Å². The summed E-state index contributed by atoms with van der Waals surface area (Å²) in [5, 5.41) is 0. The molecule has 5 heteroatoms. The Morgan fingerprint density at radius 1 is 1.05 bits per heavy atom. The molecule has 0 unspecified atom stereocenters. The van der Waals surface area contributed by atoms with Gasteiger partial charge in [-0.1, -0.05) is 0 Å². The standard InChI is InChI=1S/C14H14N2O3/c1-8-4-12-13(19-7-18-12)6-10(8)11-5-9(2)15-14(16-11)17-3/h4-6H,7H2,1-3H3. The monoisotopic (exact) mass is 258 g/mol. The highest BCUT2D eigenvalue weighted by Crippen LogP contribution is 2.38. The van der Waals surface area contributed by atoms with Gasteiger partial charge in [0.2, 0.25) is 6.79 Å². The molecule has 1 aliphatic rings. The maximum atomic E-state index is 5.41. The summed E-state index contributed by atoms with van der Waals surface area (Å²) in [6.07, 6.45) is 0. The number of rotatable bonds is 2. The second-order valence-corrected chi connectivity index (χ2v) is 4.40. The van der Waals surface area contributed by atoms with Crippen molar-refractivity contribution in [2.45, 2.75) is 13.8 Å². The molecule has 0 aliphatic carbocycles. The molecule has 98 valence electrons. The average molecular weight is 258 g/mol. The number of aromatic nitrogens is 2. The molecule has 2 heterocycles. The fourth-order valence-corrected chi connectivity index (χ4v) is 2.09. The molecular formula is C14H14N2O3. The van der Waals surface area contributed by atoms with E-state index >= 15 is 0 Å². The molecule has 0 atom stereocenters. The summed E-state index contributed by atoms with van der Waals surface area (Å²) in [5.74, 6) is 1.52. The lowest BCUT2D eigenvalue weighted by Gasteiger charge is -2.09. The van der Waals surface area contributed by atoms with Crippen molar-refractivity contribution in [3.05, 3.63) is 29.5 Å². The number of nitrogens with zero attached hydrogens (tertiary/aromatic N) is 2. The molecule has 1 aromatic carbocycles. The summed E-state index contributed by atoms with van der Waals surface area (Å²) in [6, 6.07) is 6.19. The summed E-state index contributed by atoms with van der Waals surface area (Å²) in [7, 11) is 1.56. The van der Waals surface area contributed by atoms with Crippen molar-refractivity contribution in [1.29, 1.82) is 0 Å². The number of hydrogen-bond donors (Lipinski definition) is 0. The van der Waals surface area contributed by atoms with Crippen LogP contribution in [-0.2, 0) is 0 Å². The van der Waals surface area contributed by atoms with Crippen LogP contribution in [0.15, 0.2) is 18.2 Å². The molecule has 2 aromatic rings. The van der Waals surface area contributed by atoms with E-state index in [4.69, 9.17) is 14.2 Å². The van der Waals surface area contributed by atoms with Gasteiger partial charge in [0.25, 0.3) is 0 Å². The summed E-state index contributed by atoms with van der Waals surface area (Å²) < 4.78 is 15.9. The Kier molecular flexibility index (Phi) is 2.74. The van der Waals surface area contributed by atoms with Gasteiger partial charge in [-0.15, -0.1) is 0 Å². The minimum Gasteiger partial charge on any atom is -0.467 e. The summed E-state index contributed by atoms with van der Waals surface area (Å²) in [4.78, 5) is 8.57. The number of fused-ring (bicyclic) bond motifs is 1. The second-order valence-electron chi connectivity index (χ2n) is 4.40. The molecule has 3 rings (SSSR count). The third kappa shape index (κ3) is 2.07. The van der Waals surface area contributed by atoms with Crippen LogP contribution in [0.5, 0.6) is 17.5 Å². The van der Waals surface area contributed by atoms with Crippen LogP contribution >= 0.6 is 0 Å². The molecule has 0 saturated carbocycles. The number of aryl methyl sites for hydroxylation is 2. The van der Waals surface area contributed by atoms with E-state index in [2.05, 4.69) is 9.97 Å². The highest BCUT2D eigenvalue weighted by atomic mass is 16.7. The highest BCUT2D eigenvalue weighted by molar-refractivity contribution is 5.69. The normalized spacial score (nSPS) is 12.6. The minimum atomic E-state index is 0.268. The number of benzene rings is 1. The van der Waals surface area contributed by atoms with Gasteiger partial charge < -0.3 is 14.2 Å². The molecule has 5 nitrogen and oxygen atoms in total. The molecule has 0 spiro atoms. The summed E-state index contributed by atoms with van der Waals surface area (Å²) in [5.41, 5.74) is 3.75. The maximum absolute atomic E-state index is 5.41. The average Bonchev–Trinajstić information content (AvgIpc) is 2.84. The van der Waals surface area contributed by atoms with E-state index in [0.717, 1.165) is 34.0 Å². The van der Waals surface area contributed by atoms with E-state index < -0.39 is 0 Å². The van der Waals surface area contributed by atoms with Crippen LogP contribution in [0.1, 0.15) is 11.3 Å². The van der Waals surface area contributed by atoms with Gasteiger partial charge in [-0.2, -0.15) is 4.98 Å². The van der Waals surface area contributed by atoms with Crippen molar-refractivity contribution in [3.63, 3.8) is 0 Å². The first-order valence-corrected chi connectivity index (χ1v) is 5.97. The highest BCUT2D eigenvalue weighted by Gasteiger charge is 2.17. The van der Waals surface area contributed by atoms with E-state index in [1.807, 2.05) is 32.0 Å². The smallest absolute Gasteiger partial charge is 0.316 e. The number of methoxy groups -OCH3 is 1. The van der Waals surface area contributed by atoms with Crippen molar-refractivity contribution in [1.82, 2.24) is 9.97 Å². The lowest BCUT2D eigenvalue weighted by Crippen LogP contribution is -1.97.